The molecule has 0 aromatic heterocycles. The first-order valence-corrected chi connectivity index (χ1v) is 9.87. The Balaban J connectivity index is 1.26. The fourth-order valence-corrected chi connectivity index (χ4v) is 4.80. The van der Waals surface area contributed by atoms with Crippen molar-refractivity contribution in [2.45, 2.75) is 38.0 Å². The number of benzene rings is 1. The van der Waals surface area contributed by atoms with Crippen LogP contribution in [0.4, 0.5) is 0 Å². The van der Waals surface area contributed by atoms with Crippen LogP contribution in [0.2, 0.25) is 0 Å². The molecule has 3 aliphatic heterocycles. The Morgan fingerprint density at radius 2 is 1.76 bits per heavy atom. The Morgan fingerprint density at radius 1 is 1.04 bits per heavy atom. The molecule has 136 valence electrons. The van der Waals surface area contributed by atoms with Crippen molar-refractivity contribution in [3.63, 3.8) is 0 Å². The number of ether oxygens (including phenoxy) is 1. The maximum absolute atomic E-state index is 12.7. The number of nitrogens with zero attached hydrogens (tertiary/aromatic N) is 2. The summed E-state index contributed by atoms with van der Waals surface area (Å²) in [4.78, 5) is 17.2. The smallest absolute Gasteiger partial charge is 0.236 e. The average Bonchev–Trinajstić information content (AvgIpc) is 3.12. The molecule has 3 aliphatic rings. The lowest BCUT2D eigenvalue weighted by atomic mass is 9.72. The number of hydrogen-bond acceptors (Lipinski definition) is 3. The number of hydrogen-bond donors (Lipinski definition) is 0. The van der Waals surface area contributed by atoms with Gasteiger partial charge in [0.25, 0.3) is 0 Å². The first-order valence-electron chi connectivity index (χ1n) is 9.87. The van der Waals surface area contributed by atoms with Crippen LogP contribution in [0.3, 0.4) is 0 Å². The number of carbonyl (C=O) groups is 1. The maximum Gasteiger partial charge on any atom is 0.236 e. The van der Waals surface area contributed by atoms with Gasteiger partial charge in [0.2, 0.25) is 5.91 Å². The first kappa shape index (κ1) is 17.0. The molecule has 1 aromatic carbocycles. The van der Waals surface area contributed by atoms with Crippen molar-refractivity contribution < 1.29 is 9.53 Å². The normalized spacial score (nSPS) is 26.9. The van der Waals surface area contributed by atoms with Gasteiger partial charge in [0.15, 0.2) is 0 Å². The highest BCUT2D eigenvalue weighted by molar-refractivity contribution is 5.78. The minimum Gasteiger partial charge on any atom is -0.381 e. The number of amides is 1. The maximum atomic E-state index is 12.7. The highest BCUT2D eigenvalue weighted by Crippen LogP contribution is 2.40. The van der Waals surface area contributed by atoms with Crippen LogP contribution in [0.1, 0.15) is 43.6 Å². The molecule has 0 aliphatic carbocycles. The summed E-state index contributed by atoms with van der Waals surface area (Å²) in [6, 6.07) is 10.7. The molecule has 1 unspecified atom stereocenters. The lowest BCUT2D eigenvalue weighted by molar-refractivity contribution is -0.135. The monoisotopic (exact) mass is 342 g/mol. The van der Waals surface area contributed by atoms with E-state index < -0.39 is 0 Å². The minimum absolute atomic E-state index is 0.329. The fourth-order valence-electron chi connectivity index (χ4n) is 4.80. The molecule has 0 bridgehead atoms. The minimum atomic E-state index is 0.329. The second-order valence-corrected chi connectivity index (χ2v) is 8.12. The number of rotatable bonds is 3. The molecular formula is C21H30N2O2. The van der Waals surface area contributed by atoms with Gasteiger partial charge in [0.1, 0.15) is 0 Å². The van der Waals surface area contributed by atoms with Gasteiger partial charge in [-0.2, -0.15) is 0 Å². The molecule has 3 fully saturated rings. The molecule has 1 amide bonds. The van der Waals surface area contributed by atoms with Crippen LogP contribution in [0.15, 0.2) is 30.3 Å². The number of carbonyl (C=O) groups excluding carboxylic acids is 1. The number of likely N-dealkylation sites (tertiary alicyclic amines) is 2. The van der Waals surface area contributed by atoms with E-state index in [4.69, 9.17) is 4.74 Å². The van der Waals surface area contributed by atoms with Gasteiger partial charge in [-0.05, 0) is 55.5 Å². The predicted octanol–water partition coefficient (Wildman–Crippen LogP) is 2.90. The molecule has 1 spiro atoms. The standard InChI is InChI=1S/C21H30N2O2/c24-20(23-12-7-21(8-13-23)9-14-25-15-10-21)17-22-11-6-19(16-22)18-4-2-1-3-5-18/h1-5,19H,6-17H2. The summed E-state index contributed by atoms with van der Waals surface area (Å²) in [5.74, 6) is 0.913. The summed E-state index contributed by atoms with van der Waals surface area (Å²) in [6.07, 6.45) is 5.85. The van der Waals surface area contributed by atoms with E-state index >= 15 is 0 Å². The van der Waals surface area contributed by atoms with Crippen molar-refractivity contribution in [2.24, 2.45) is 5.41 Å². The van der Waals surface area contributed by atoms with E-state index in [1.807, 2.05) is 0 Å². The van der Waals surface area contributed by atoms with Gasteiger partial charge >= 0.3 is 0 Å². The molecule has 25 heavy (non-hydrogen) atoms. The van der Waals surface area contributed by atoms with Crippen LogP contribution in [0, 0.1) is 5.41 Å². The molecule has 4 heteroatoms. The molecule has 0 saturated carbocycles. The first-order chi connectivity index (χ1) is 12.2. The summed E-state index contributed by atoms with van der Waals surface area (Å²) in [7, 11) is 0. The van der Waals surface area contributed by atoms with E-state index in [2.05, 4.69) is 40.1 Å². The van der Waals surface area contributed by atoms with Crippen molar-refractivity contribution in [1.82, 2.24) is 9.80 Å². The van der Waals surface area contributed by atoms with E-state index in [0.717, 1.165) is 52.2 Å². The van der Waals surface area contributed by atoms with E-state index in [1.165, 1.54) is 24.8 Å². The van der Waals surface area contributed by atoms with Crippen LogP contribution in [-0.2, 0) is 9.53 Å². The van der Waals surface area contributed by atoms with Crippen LogP contribution in [0.25, 0.3) is 0 Å². The third kappa shape index (κ3) is 3.90. The SMILES string of the molecule is O=C(CN1CCC(c2ccccc2)C1)N1CCC2(CCOCC2)CC1. The molecule has 1 atom stereocenters. The summed E-state index contributed by atoms with van der Waals surface area (Å²) in [6.45, 7) is 6.35. The van der Waals surface area contributed by atoms with Gasteiger partial charge in [-0.25, -0.2) is 0 Å². The molecule has 4 nitrogen and oxygen atoms in total. The average molecular weight is 342 g/mol. The van der Waals surface area contributed by atoms with E-state index in [9.17, 15) is 4.79 Å². The van der Waals surface area contributed by atoms with Crippen LogP contribution in [0.5, 0.6) is 0 Å². The lowest BCUT2D eigenvalue weighted by Gasteiger charge is -2.44. The fraction of sp³-hybridized carbons (Fsp3) is 0.667. The Morgan fingerprint density at radius 3 is 2.48 bits per heavy atom. The quantitative estimate of drug-likeness (QED) is 0.847. The Hall–Kier alpha value is -1.39. The summed E-state index contributed by atoms with van der Waals surface area (Å²) in [5, 5.41) is 0. The zero-order chi connectivity index (χ0) is 17.1. The molecule has 4 rings (SSSR count). The molecule has 3 heterocycles. The van der Waals surface area contributed by atoms with Crippen molar-refractivity contribution in [1.29, 1.82) is 0 Å². The van der Waals surface area contributed by atoms with Crippen molar-refractivity contribution in [2.75, 3.05) is 45.9 Å². The van der Waals surface area contributed by atoms with Gasteiger partial charge < -0.3 is 9.64 Å². The zero-order valence-electron chi connectivity index (χ0n) is 15.2. The number of piperidine rings is 1. The zero-order valence-corrected chi connectivity index (χ0v) is 15.2. The van der Waals surface area contributed by atoms with E-state index in [1.54, 1.807) is 0 Å². The molecule has 0 radical (unpaired) electrons. The van der Waals surface area contributed by atoms with Gasteiger partial charge in [-0.1, -0.05) is 30.3 Å². The van der Waals surface area contributed by atoms with Crippen LogP contribution >= 0.6 is 0 Å². The third-order valence-corrected chi connectivity index (χ3v) is 6.63. The van der Waals surface area contributed by atoms with Crippen molar-refractivity contribution in [3.8, 4) is 0 Å². The third-order valence-electron chi connectivity index (χ3n) is 6.63. The highest BCUT2D eigenvalue weighted by atomic mass is 16.5. The largest absolute Gasteiger partial charge is 0.381 e. The van der Waals surface area contributed by atoms with Gasteiger partial charge in [-0.3, -0.25) is 9.69 Å². The molecule has 1 aromatic rings. The summed E-state index contributed by atoms with van der Waals surface area (Å²) in [5.41, 5.74) is 1.87. The van der Waals surface area contributed by atoms with Gasteiger partial charge in [0.05, 0.1) is 6.54 Å². The van der Waals surface area contributed by atoms with Crippen molar-refractivity contribution >= 4 is 5.91 Å². The second kappa shape index (κ2) is 7.46. The second-order valence-electron chi connectivity index (χ2n) is 8.12. The van der Waals surface area contributed by atoms with Crippen LogP contribution < -0.4 is 0 Å². The lowest BCUT2D eigenvalue weighted by Crippen LogP contribution is -2.48. The summed E-state index contributed by atoms with van der Waals surface area (Å²) < 4.78 is 5.52. The highest BCUT2D eigenvalue weighted by Gasteiger charge is 2.37. The predicted molar refractivity (Wildman–Crippen MR) is 98.5 cm³/mol. The topological polar surface area (TPSA) is 32.8 Å². The Labute approximate surface area is 151 Å². The Kier molecular flexibility index (Phi) is 5.09. The van der Waals surface area contributed by atoms with E-state index in [0.29, 0.717) is 23.8 Å². The molecular weight excluding hydrogens is 312 g/mol. The summed E-state index contributed by atoms with van der Waals surface area (Å²) >= 11 is 0. The molecule has 0 N–H and O–H groups in total. The van der Waals surface area contributed by atoms with Crippen molar-refractivity contribution in [3.05, 3.63) is 35.9 Å². The Bertz CT molecular complexity index is 573. The van der Waals surface area contributed by atoms with E-state index in [-0.39, 0.29) is 0 Å². The molecule has 3 saturated heterocycles. The van der Waals surface area contributed by atoms with Gasteiger partial charge in [0, 0.05) is 32.8 Å². The van der Waals surface area contributed by atoms with Crippen LogP contribution in [-0.4, -0.2) is 61.6 Å². The van der Waals surface area contributed by atoms with Gasteiger partial charge in [-0.15, -0.1) is 0 Å².